The molecular formula is C22H25FN2O. The average molecular weight is 352 g/mol. The van der Waals surface area contributed by atoms with Crippen LogP contribution in [-0.4, -0.2) is 35.0 Å². The summed E-state index contributed by atoms with van der Waals surface area (Å²) < 4.78 is 13.8. The lowest BCUT2D eigenvalue weighted by Crippen LogP contribution is -2.49. The van der Waals surface area contributed by atoms with E-state index in [1.54, 1.807) is 12.1 Å². The first-order chi connectivity index (χ1) is 12.4. The van der Waals surface area contributed by atoms with Gasteiger partial charge in [-0.1, -0.05) is 24.3 Å². The van der Waals surface area contributed by atoms with E-state index in [0.29, 0.717) is 0 Å². The zero-order chi connectivity index (χ0) is 18.4. The highest BCUT2D eigenvalue weighted by molar-refractivity contribution is 5.95. The van der Waals surface area contributed by atoms with Gasteiger partial charge < -0.3 is 9.80 Å². The van der Waals surface area contributed by atoms with E-state index in [0.717, 1.165) is 43.6 Å². The zero-order valence-corrected chi connectivity index (χ0v) is 15.4. The lowest BCUT2D eigenvalue weighted by molar-refractivity contribution is 0.0617. The Morgan fingerprint density at radius 3 is 2.58 bits per heavy atom. The number of carbonyl (C=O) groups is 1. The second-order valence-corrected chi connectivity index (χ2v) is 8.21. The first-order valence-corrected chi connectivity index (χ1v) is 9.32. The molecule has 1 unspecified atom stereocenters. The minimum absolute atomic E-state index is 0.111. The van der Waals surface area contributed by atoms with E-state index >= 15 is 0 Å². The van der Waals surface area contributed by atoms with Crippen molar-refractivity contribution in [3.63, 3.8) is 0 Å². The summed E-state index contributed by atoms with van der Waals surface area (Å²) in [5.41, 5.74) is 1.33. The normalized spacial score (nSPS) is 24.4. The van der Waals surface area contributed by atoms with Crippen LogP contribution in [0.15, 0.2) is 54.6 Å². The summed E-state index contributed by atoms with van der Waals surface area (Å²) in [7, 11) is 0. The van der Waals surface area contributed by atoms with E-state index in [9.17, 15) is 9.18 Å². The van der Waals surface area contributed by atoms with Crippen molar-refractivity contribution in [2.24, 2.45) is 0 Å². The molecule has 0 bridgehead atoms. The SMILES string of the molecule is CC1(C)CC2(CCCN2C(=O)c2ccccc2)CN1c1cccc(F)c1. The Morgan fingerprint density at radius 1 is 1.08 bits per heavy atom. The molecule has 0 N–H and O–H groups in total. The summed E-state index contributed by atoms with van der Waals surface area (Å²) in [6.45, 7) is 5.93. The van der Waals surface area contributed by atoms with Crippen LogP contribution in [-0.2, 0) is 0 Å². The molecule has 136 valence electrons. The Morgan fingerprint density at radius 2 is 1.85 bits per heavy atom. The molecule has 0 radical (unpaired) electrons. The van der Waals surface area contributed by atoms with Crippen molar-refractivity contribution in [1.29, 1.82) is 0 Å². The number of carbonyl (C=O) groups excluding carboxylic acids is 1. The first kappa shape index (κ1) is 17.1. The summed E-state index contributed by atoms with van der Waals surface area (Å²) in [6.07, 6.45) is 2.92. The van der Waals surface area contributed by atoms with Crippen LogP contribution in [0.2, 0.25) is 0 Å². The maximum Gasteiger partial charge on any atom is 0.254 e. The van der Waals surface area contributed by atoms with Gasteiger partial charge in [-0.2, -0.15) is 0 Å². The highest BCUT2D eigenvalue weighted by Crippen LogP contribution is 2.47. The molecule has 0 aliphatic carbocycles. The van der Waals surface area contributed by atoms with Gasteiger partial charge in [0.25, 0.3) is 5.91 Å². The molecular weight excluding hydrogens is 327 g/mol. The molecule has 0 aromatic heterocycles. The van der Waals surface area contributed by atoms with Crippen LogP contribution in [0.3, 0.4) is 0 Å². The van der Waals surface area contributed by atoms with Crippen LogP contribution in [0.1, 0.15) is 43.5 Å². The Kier molecular flexibility index (Phi) is 4.02. The summed E-state index contributed by atoms with van der Waals surface area (Å²) in [5.74, 6) is -0.108. The highest BCUT2D eigenvalue weighted by atomic mass is 19.1. The van der Waals surface area contributed by atoms with Gasteiger partial charge >= 0.3 is 0 Å². The molecule has 4 rings (SSSR count). The molecule has 0 saturated carbocycles. The summed E-state index contributed by atoms with van der Waals surface area (Å²) >= 11 is 0. The molecule has 2 aromatic rings. The second kappa shape index (κ2) is 6.11. The van der Waals surface area contributed by atoms with Gasteiger partial charge in [-0.15, -0.1) is 0 Å². The lowest BCUT2D eigenvalue weighted by atomic mass is 9.87. The van der Waals surface area contributed by atoms with Gasteiger partial charge in [0.1, 0.15) is 5.82 Å². The van der Waals surface area contributed by atoms with E-state index in [2.05, 4.69) is 23.6 Å². The van der Waals surface area contributed by atoms with Crippen LogP contribution < -0.4 is 4.90 Å². The van der Waals surface area contributed by atoms with E-state index < -0.39 is 0 Å². The quantitative estimate of drug-likeness (QED) is 0.795. The maximum absolute atomic E-state index is 13.8. The highest BCUT2D eigenvalue weighted by Gasteiger charge is 2.54. The van der Waals surface area contributed by atoms with Crippen molar-refractivity contribution in [3.8, 4) is 0 Å². The lowest BCUT2D eigenvalue weighted by Gasteiger charge is -2.35. The number of hydrogen-bond acceptors (Lipinski definition) is 2. The van der Waals surface area contributed by atoms with Crippen molar-refractivity contribution in [3.05, 3.63) is 66.0 Å². The van der Waals surface area contributed by atoms with Gasteiger partial charge in [0.05, 0.1) is 5.54 Å². The molecule has 2 aromatic carbocycles. The summed E-state index contributed by atoms with van der Waals surface area (Å²) in [5, 5.41) is 0. The van der Waals surface area contributed by atoms with Crippen molar-refractivity contribution >= 4 is 11.6 Å². The van der Waals surface area contributed by atoms with Crippen LogP contribution in [0.4, 0.5) is 10.1 Å². The van der Waals surface area contributed by atoms with Gasteiger partial charge in [0, 0.05) is 29.9 Å². The topological polar surface area (TPSA) is 23.6 Å². The van der Waals surface area contributed by atoms with E-state index in [1.807, 2.05) is 36.4 Å². The standard InChI is InChI=1S/C22H25FN2O/c1-21(2)15-22(16-25(21)19-11-6-10-18(23)14-19)12-7-13-24(22)20(26)17-8-4-3-5-9-17/h3-6,8-11,14H,7,12-13,15-16H2,1-2H3. The number of rotatable bonds is 2. The van der Waals surface area contributed by atoms with Crippen LogP contribution >= 0.6 is 0 Å². The van der Waals surface area contributed by atoms with Gasteiger partial charge in [0.2, 0.25) is 0 Å². The monoisotopic (exact) mass is 352 g/mol. The number of hydrogen-bond donors (Lipinski definition) is 0. The zero-order valence-electron chi connectivity index (χ0n) is 15.4. The van der Waals surface area contributed by atoms with Gasteiger partial charge in [0.15, 0.2) is 0 Å². The van der Waals surface area contributed by atoms with Crippen molar-refractivity contribution in [2.45, 2.75) is 44.2 Å². The van der Waals surface area contributed by atoms with Crippen molar-refractivity contribution in [1.82, 2.24) is 4.90 Å². The minimum Gasteiger partial charge on any atom is -0.364 e. The molecule has 2 aliphatic rings. The Labute approximate surface area is 154 Å². The van der Waals surface area contributed by atoms with Crippen LogP contribution in [0, 0.1) is 5.82 Å². The van der Waals surface area contributed by atoms with E-state index in [1.165, 1.54) is 6.07 Å². The molecule has 2 fully saturated rings. The Hall–Kier alpha value is -2.36. The average Bonchev–Trinajstić information content (AvgIpc) is 3.14. The predicted octanol–water partition coefficient (Wildman–Crippen LogP) is 4.49. The Bertz CT molecular complexity index is 820. The van der Waals surface area contributed by atoms with Crippen molar-refractivity contribution < 1.29 is 9.18 Å². The molecule has 1 spiro atoms. The number of benzene rings is 2. The minimum atomic E-state index is -0.220. The largest absolute Gasteiger partial charge is 0.364 e. The number of likely N-dealkylation sites (tertiary alicyclic amines) is 1. The molecule has 2 heterocycles. The van der Waals surface area contributed by atoms with Gasteiger partial charge in [-0.3, -0.25) is 4.79 Å². The summed E-state index contributed by atoms with van der Waals surface area (Å²) in [4.78, 5) is 17.5. The molecule has 1 amide bonds. The third kappa shape index (κ3) is 2.77. The van der Waals surface area contributed by atoms with Crippen LogP contribution in [0.5, 0.6) is 0 Å². The maximum atomic E-state index is 13.8. The Balaban J connectivity index is 1.67. The molecule has 1 atom stereocenters. The summed E-state index contributed by atoms with van der Waals surface area (Å²) in [6, 6.07) is 16.3. The van der Waals surface area contributed by atoms with Crippen LogP contribution in [0.25, 0.3) is 0 Å². The number of nitrogens with zero attached hydrogens (tertiary/aromatic N) is 2. The third-order valence-corrected chi connectivity index (χ3v) is 5.93. The molecule has 26 heavy (non-hydrogen) atoms. The molecule has 4 heteroatoms. The molecule has 2 saturated heterocycles. The van der Waals surface area contributed by atoms with Gasteiger partial charge in [-0.25, -0.2) is 4.39 Å². The third-order valence-electron chi connectivity index (χ3n) is 5.93. The fourth-order valence-electron chi connectivity index (χ4n) is 4.89. The number of anilines is 1. The second-order valence-electron chi connectivity index (χ2n) is 8.21. The van der Waals surface area contributed by atoms with Gasteiger partial charge in [-0.05, 0) is 63.4 Å². The predicted molar refractivity (Wildman–Crippen MR) is 102 cm³/mol. The fraction of sp³-hybridized carbons (Fsp3) is 0.409. The molecule has 3 nitrogen and oxygen atoms in total. The number of amides is 1. The van der Waals surface area contributed by atoms with E-state index in [-0.39, 0.29) is 22.8 Å². The number of halogens is 1. The first-order valence-electron chi connectivity index (χ1n) is 9.32. The fourth-order valence-corrected chi connectivity index (χ4v) is 4.89. The van der Waals surface area contributed by atoms with Crippen molar-refractivity contribution in [2.75, 3.05) is 18.0 Å². The molecule has 2 aliphatic heterocycles. The van der Waals surface area contributed by atoms with E-state index in [4.69, 9.17) is 0 Å². The smallest absolute Gasteiger partial charge is 0.254 e.